The number of nitrogens with zero attached hydrogens (tertiary/aromatic N) is 2. The van der Waals surface area contributed by atoms with Gasteiger partial charge in [-0.15, -0.1) is 11.3 Å². The summed E-state index contributed by atoms with van der Waals surface area (Å²) in [7, 11) is 0. The second-order valence-corrected chi connectivity index (χ2v) is 8.64. The highest BCUT2D eigenvalue weighted by atomic mass is 32.2. The molecule has 138 valence electrons. The summed E-state index contributed by atoms with van der Waals surface area (Å²) >= 11 is 3.05. The molecule has 0 spiro atoms. The van der Waals surface area contributed by atoms with E-state index < -0.39 is 0 Å². The second-order valence-electron chi connectivity index (χ2n) is 6.34. The fraction of sp³-hybridized carbons (Fsp3) is 0.263. The molecule has 1 N–H and O–H groups in total. The van der Waals surface area contributed by atoms with Crippen LogP contribution in [0.1, 0.15) is 37.0 Å². The van der Waals surface area contributed by atoms with E-state index in [2.05, 4.69) is 9.97 Å². The van der Waals surface area contributed by atoms with E-state index in [1.165, 1.54) is 28.0 Å². The van der Waals surface area contributed by atoms with Gasteiger partial charge < -0.3 is 4.98 Å². The van der Waals surface area contributed by atoms with E-state index in [0.29, 0.717) is 40.4 Å². The first kappa shape index (κ1) is 17.9. The second kappa shape index (κ2) is 6.94. The van der Waals surface area contributed by atoms with Gasteiger partial charge in [0.05, 0.1) is 22.3 Å². The van der Waals surface area contributed by atoms with Crippen molar-refractivity contribution in [3.05, 3.63) is 62.0 Å². The molecule has 3 heterocycles. The molecule has 0 aliphatic carbocycles. The van der Waals surface area contributed by atoms with Gasteiger partial charge in [-0.2, -0.15) is 11.8 Å². The van der Waals surface area contributed by atoms with Gasteiger partial charge in [-0.3, -0.25) is 19.3 Å². The summed E-state index contributed by atoms with van der Waals surface area (Å²) in [5.74, 6) is 1.23. The zero-order chi connectivity index (χ0) is 19.1. The van der Waals surface area contributed by atoms with E-state index in [1.54, 1.807) is 24.3 Å². The van der Waals surface area contributed by atoms with Crippen molar-refractivity contribution in [2.45, 2.75) is 19.6 Å². The molecule has 0 bridgehead atoms. The van der Waals surface area contributed by atoms with Crippen LogP contribution in [-0.4, -0.2) is 39.0 Å². The van der Waals surface area contributed by atoms with Gasteiger partial charge in [-0.25, -0.2) is 4.98 Å². The molecule has 6 nitrogen and oxygen atoms in total. The molecule has 2 aromatic heterocycles. The van der Waals surface area contributed by atoms with Gasteiger partial charge in [0.2, 0.25) is 0 Å². The van der Waals surface area contributed by atoms with Gasteiger partial charge in [0, 0.05) is 17.2 Å². The Labute approximate surface area is 163 Å². The minimum atomic E-state index is -0.242. The number of fused-ring (bicyclic) bond motifs is 2. The Hall–Kier alpha value is -2.45. The predicted octanol–water partition coefficient (Wildman–Crippen LogP) is 3.13. The molecular weight excluding hydrogens is 382 g/mol. The fourth-order valence-corrected chi connectivity index (χ4v) is 4.97. The third kappa shape index (κ3) is 3.08. The molecule has 1 aromatic carbocycles. The number of aryl methyl sites for hydroxylation is 2. The van der Waals surface area contributed by atoms with E-state index in [0.717, 1.165) is 15.3 Å². The molecule has 1 aliphatic rings. The lowest BCUT2D eigenvalue weighted by Gasteiger charge is -2.13. The van der Waals surface area contributed by atoms with Crippen molar-refractivity contribution in [3.63, 3.8) is 0 Å². The molecule has 3 aromatic rings. The number of thiophene rings is 1. The average Bonchev–Trinajstić information content (AvgIpc) is 3.07. The number of carbonyl (C=O) groups is 2. The topological polar surface area (TPSA) is 83.1 Å². The van der Waals surface area contributed by atoms with Crippen LogP contribution in [0.4, 0.5) is 0 Å². The number of hydrogen-bond donors (Lipinski definition) is 1. The lowest BCUT2D eigenvalue weighted by Crippen LogP contribution is -2.31. The highest BCUT2D eigenvalue weighted by Crippen LogP contribution is 2.26. The first-order valence-electron chi connectivity index (χ1n) is 8.49. The maximum absolute atomic E-state index is 12.3. The number of rotatable bonds is 5. The molecule has 0 fully saturated rings. The van der Waals surface area contributed by atoms with E-state index in [-0.39, 0.29) is 17.4 Å². The summed E-state index contributed by atoms with van der Waals surface area (Å²) in [4.78, 5) is 47.5. The smallest absolute Gasteiger partial charge is 0.261 e. The van der Waals surface area contributed by atoms with Crippen molar-refractivity contribution in [1.82, 2.24) is 14.9 Å². The lowest BCUT2D eigenvalue weighted by molar-refractivity contribution is 0.0664. The number of thioether (sulfide) groups is 1. The highest BCUT2D eigenvalue weighted by molar-refractivity contribution is 7.98. The van der Waals surface area contributed by atoms with Gasteiger partial charge in [-0.1, -0.05) is 12.1 Å². The number of hydrogen-bond acceptors (Lipinski definition) is 6. The van der Waals surface area contributed by atoms with Crippen LogP contribution in [0.5, 0.6) is 0 Å². The van der Waals surface area contributed by atoms with Crippen LogP contribution in [0.15, 0.2) is 29.1 Å². The predicted molar refractivity (Wildman–Crippen MR) is 108 cm³/mol. The van der Waals surface area contributed by atoms with Crippen LogP contribution in [0, 0.1) is 13.8 Å². The van der Waals surface area contributed by atoms with Gasteiger partial charge in [0.15, 0.2) is 0 Å². The Kier molecular flexibility index (Phi) is 4.61. The maximum atomic E-state index is 12.3. The third-order valence-electron chi connectivity index (χ3n) is 4.66. The van der Waals surface area contributed by atoms with E-state index >= 15 is 0 Å². The molecule has 0 atom stereocenters. The molecule has 0 radical (unpaired) electrons. The Morgan fingerprint density at radius 1 is 1.11 bits per heavy atom. The minimum absolute atomic E-state index is 0.113. The molecule has 8 heteroatoms. The highest BCUT2D eigenvalue weighted by Gasteiger charge is 2.34. The molecule has 0 saturated carbocycles. The van der Waals surface area contributed by atoms with Crippen molar-refractivity contribution in [2.24, 2.45) is 0 Å². The number of aromatic nitrogens is 2. The number of amides is 2. The number of carbonyl (C=O) groups excluding carboxylic acids is 2. The first-order valence-corrected chi connectivity index (χ1v) is 10.5. The molecule has 2 amide bonds. The Morgan fingerprint density at radius 2 is 1.78 bits per heavy atom. The Morgan fingerprint density at radius 3 is 2.44 bits per heavy atom. The number of H-pyrrole nitrogens is 1. The molecule has 1 aliphatic heterocycles. The average molecular weight is 399 g/mol. The number of aromatic amines is 1. The summed E-state index contributed by atoms with van der Waals surface area (Å²) in [6.07, 6.45) is 0. The molecule has 0 saturated heterocycles. The normalized spacial score (nSPS) is 13.6. The van der Waals surface area contributed by atoms with Crippen molar-refractivity contribution in [3.8, 4) is 0 Å². The number of nitrogens with one attached hydrogen (secondary N) is 1. The minimum Gasteiger partial charge on any atom is -0.309 e. The zero-order valence-corrected chi connectivity index (χ0v) is 16.5. The quantitative estimate of drug-likeness (QED) is 0.526. The van der Waals surface area contributed by atoms with E-state index in [1.807, 2.05) is 13.8 Å². The van der Waals surface area contributed by atoms with Crippen molar-refractivity contribution in [1.29, 1.82) is 0 Å². The Bertz CT molecular complexity index is 1100. The number of imide groups is 1. The van der Waals surface area contributed by atoms with Crippen LogP contribution in [0.25, 0.3) is 10.2 Å². The zero-order valence-electron chi connectivity index (χ0n) is 14.9. The van der Waals surface area contributed by atoms with Crippen LogP contribution >= 0.6 is 23.1 Å². The van der Waals surface area contributed by atoms with Crippen molar-refractivity contribution >= 4 is 45.1 Å². The number of benzene rings is 1. The summed E-state index contributed by atoms with van der Waals surface area (Å²) < 4.78 is 0. The largest absolute Gasteiger partial charge is 0.309 e. The van der Waals surface area contributed by atoms with E-state index in [9.17, 15) is 14.4 Å². The van der Waals surface area contributed by atoms with Gasteiger partial charge in [0.1, 0.15) is 10.7 Å². The van der Waals surface area contributed by atoms with Gasteiger partial charge in [0.25, 0.3) is 17.4 Å². The van der Waals surface area contributed by atoms with Crippen molar-refractivity contribution < 1.29 is 9.59 Å². The van der Waals surface area contributed by atoms with Crippen LogP contribution in [-0.2, 0) is 5.75 Å². The summed E-state index contributed by atoms with van der Waals surface area (Å²) in [5, 5.41) is 0.664. The molecular formula is C19H17N3O3S2. The fourth-order valence-electron chi connectivity index (χ4n) is 3.13. The van der Waals surface area contributed by atoms with Crippen LogP contribution < -0.4 is 5.56 Å². The first-order chi connectivity index (χ1) is 13.0. The lowest BCUT2D eigenvalue weighted by atomic mass is 10.1. The molecule has 4 rings (SSSR count). The van der Waals surface area contributed by atoms with Crippen LogP contribution in [0.3, 0.4) is 0 Å². The monoisotopic (exact) mass is 399 g/mol. The van der Waals surface area contributed by atoms with E-state index in [4.69, 9.17) is 0 Å². The Balaban J connectivity index is 1.40. The van der Waals surface area contributed by atoms with Gasteiger partial charge in [-0.05, 0) is 31.5 Å². The maximum Gasteiger partial charge on any atom is 0.261 e. The van der Waals surface area contributed by atoms with Crippen molar-refractivity contribution in [2.75, 3.05) is 12.3 Å². The summed E-state index contributed by atoms with van der Waals surface area (Å²) in [5.41, 5.74) is 1.80. The summed E-state index contributed by atoms with van der Waals surface area (Å²) in [6.45, 7) is 4.25. The third-order valence-corrected chi connectivity index (χ3v) is 6.71. The van der Waals surface area contributed by atoms with Gasteiger partial charge >= 0.3 is 0 Å². The standard InChI is InChI=1S/C19H17N3O3S2/c1-10-11(2)27-17-15(10)16(23)20-14(21-17)9-26-8-7-22-18(24)12-5-3-4-6-13(12)19(22)25/h3-6H,7-9H2,1-2H3,(H,20,21,23). The molecule has 0 unspecified atom stereocenters. The molecule has 27 heavy (non-hydrogen) atoms. The van der Waals surface area contributed by atoms with Crippen LogP contribution in [0.2, 0.25) is 0 Å². The summed E-state index contributed by atoms with van der Waals surface area (Å²) in [6, 6.07) is 6.87. The SMILES string of the molecule is Cc1sc2nc(CSCCN3C(=O)c4ccccc4C3=O)[nH]c(=O)c2c1C.